The van der Waals surface area contributed by atoms with E-state index in [1.165, 1.54) is 13.5 Å². The molecule has 7 heteroatoms. The molecule has 0 saturated heterocycles. The van der Waals surface area contributed by atoms with Gasteiger partial charge in [0.2, 0.25) is 5.91 Å². The Morgan fingerprint density at radius 3 is 2.60 bits per heavy atom. The van der Waals surface area contributed by atoms with Gasteiger partial charge >= 0.3 is 5.97 Å². The Balaban J connectivity index is 1.86. The number of fused-ring (bicyclic) bond motifs is 1. The van der Waals surface area contributed by atoms with E-state index < -0.39 is 6.04 Å². The Kier molecular flexibility index (Phi) is 5.74. The molecule has 1 aromatic carbocycles. The molecule has 0 radical (unpaired) electrons. The van der Waals surface area contributed by atoms with Gasteiger partial charge in [0.25, 0.3) is 0 Å². The third-order valence-electron chi connectivity index (χ3n) is 5.02. The van der Waals surface area contributed by atoms with Crippen molar-refractivity contribution in [1.82, 2.24) is 5.32 Å². The summed E-state index contributed by atoms with van der Waals surface area (Å²) >= 11 is 12.5. The number of rotatable bonds is 3. The Bertz CT molecular complexity index is 675. The maximum atomic E-state index is 12.7. The van der Waals surface area contributed by atoms with E-state index in [-0.39, 0.29) is 23.8 Å². The van der Waals surface area contributed by atoms with E-state index in [2.05, 4.69) is 10.6 Å². The molecule has 0 aromatic heterocycles. The maximum Gasteiger partial charge on any atom is 0.328 e. The summed E-state index contributed by atoms with van der Waals surface area (Å²) in [5, 5.41) is 7.17. The van der Waals surface area contributed by atoms with Gasteiger partial charge in [-0.15, -0.1) is 0 Å². The second-order valence-electron chi connectivity index (χ2n) is 6.70. The number of esters is 1. The van der Waals surface area contributed by atoms with E-state index in [4.69, 9.17) is 27.9 Å². The van der Waals surface area contributed by atoms with Crippen molar-refractivity contribution in [3.8, 4) is 0 Å². The van der Waals surface area contributed by atoms with Crippen molar-refractivity contribution in [2.24, 2.45) is 5.92 Å². The first-order valence-electron chi connectivity index (χ1n) is 8.63. The van der Waals surface area contributed by atoms with Crippen LogP contribution in [-0.4, -0.2) is 25.0 Å². The van der Waals surface area contributed by atoms with Crippen LogP contribution in [0.25, 0.3) is 0 Å². The van der Waals surface area contributed by atoms with Gasteiger partial charge in [-0.25, -0.2) is 4.79 Å². The molecule has 0 spiro atoms. The standard InChI is InChI=1S/C18H22Cl2N2O3/c1-25-18(24)15-9-14(22-17(23)10-5-3-2-4-6-10)16-12(20)7-11(19)8-13(16)21-15/h7-8,10,14-15,21H,2-6,9H2,1H3,(H,22,23)/t14-,15+/m1/s1. The molecular formula is C18H22Cl2N2O3. The lowest BCUT2D eigenvalue weighted by Gasteiger charge is -2.34. The number of amides is 1. The number of hydrogen-bond donors (Lipinski definition) is 2. The molecule has 25 heavy (non-hydrogen) atoms. The van der Waals surface area contributed by atoms with Gasteiger partial charge in [-0.05, 0) is 25.0 Å². The van der Waals surface area contributed by atoms with Crippen LogP contribution in [0.3, 0.4) is 0 Å². The quantitative estimate of drug-likeness (QED) is 0.770. The van der Waals surface area contributed by atoms with Crippen LogP contribution in [0.1, 0.15) is 50.1 Å². The summed E-state index contributed by atoms with van der Waals surface area (Å²) in [6, 6.07) is 2.47. The second kappa shape index (κ2) is 7.83. The van der Waals surface area contributed by atoms with Crippen LogP contribution >= 0.6 is 23.2 Å². The third kappa shape index (κ3) is 4.04. The van der Waals surface area contributed by atoms with Crippen LogP contribution < -0.4 is 10.6 Å². The van der Waals surface area contributed by atoms with E-state index in [1.54, 1.807) is 12.1 Å². The van der Waals surface area contributed by atoms with Crippen LogP contribution in [0.4, 0.5) is 5.69 Å². The molecule has 5 nitrogen and oxygen atoms in total. The number of methoxy groups -OCH3 is 1. The maximum absolute atomic E-state index is 12.7. The molecule has 1 aliphatic carbocycles. The van der Waals surface area contributed by atoms with Gasteiger partial charge in [0.1, 0.15) is 6.04 Å². The number of benzene rings is 1. The number of carbonyl (C=O) groups is 2. The summed E-state index contributed by atoms with van der Waals surface area (Å²) in [6.07, 6.45) is 5.58. The summed E-state index contributed by atoms with van der Waals surface area (Å²) in [6.45, 7) is 0. The lowest BCUT2D eigenvalue weighted by Crippen LogP contribution is -2.43. The lowest BCUT2D eigenvalue weighted by molar-refractivity contribution is -0.142. The van der Waals surface area contributed by atoms with Crippen molar-refractivity contribution < 1.29 is 14.3 Å². The van der Waals surface area contributed by atoms with Gasteiger partial charge in [0, 0.05) is 33.6 Å². The second-order valence-corrected chi connectivity index (χ2v) is 7.54. The molecule has 1 amide bonds. The molecule has 136 valence electrons. The largest absolute Gasteiger partial charge is 0.467 e. The van der Waals surface area contributed by atoms with Gasteiger partial charge < -0.3 is 15.4 Å². The number of anilines is 1. The Labute approximate surface area is 157 Å². The minimum absolute atomic E-state index is 0.0344. The Morgan fingerprint density at radius 1 is 1.20 bits per heavy atom. The highest BCUT2D eigenvalue weighted by atomic mass is 35.5. The predicted molar refractivity (Wildman–Crippen MR) is 98.0 cm³/mol. The molecule has 1 saturated carbocycles. The zero-order valence-electron chi connectivity index (χ0n) is 14.1. The van der Waals surface area contributed by atoms with Crippen LogP contribution in [-0.2, 0) is 14.3 Å². The highest BCUT2D eigenvalue weighted by Crippen LogP contribution is 2.40. The molecule has 1 aromatic rings. The number of halogens is 2. The van der Waals surface area contributed by atoms with Gasteiger partial charge in [-0.2, -0.15) is 0 Å². The normalized spacial score (nSPS) is 23.3. The van der Waals surface area contributed by atoms with Crippen molar-refractivity contribution in [3.05, 3.63) is 27.7 Å². The van der Waals surface area contributed by atoms with Gasteiger partial charge in [0.15, 0.2) is 0 Å². The average Bonchev–Trinajstić information content (AvgIpc) is 2.60. The van der Waals surface area contributed by atoms with E-state index in [1.807, 2.05) is 0 Å². The first-order chi connectivity index (χ1) is 12.0. The molecule has 1 aliphatic heterocycles. The zero-order chi connectivity index (χ0) is 18.0. The SMILES string of the molecule is COC(=O)[C@@H]1C[C@@H](NC(=O)C2CCCCC2)c2c(Cl)cc(Cl)cc2N1. The minimum Gasteiger partial charge on any atom is -0.467 e. The third-order valence-corrected chi connectivity index (χ3v) is 5.55. The number of ether oxygens (including phenoxy) is 1. The van der Waals surface area contributed by atoms with Crippen LogP contribution in [0.2, 0.25) is 10.0 Å². The molecule has 3 rings (SSSR count). The van der Waals surface area contributed by atoms with Gasteiger partial charge in [-0.3, -0.25) is 4.79 Å². The molecule has 1 fully saturated rings. The fourth-order valence-electron chi connectivity index (χ4n) is 3.74. The zero-order valence-corrected chi connectivity index (χ0v) is 15.6. The van der Waals surface area contributed by atoms with E-state index in [0.29, 0.717) is 22.2 Å². The summed E-state index contributed by atoms with van der Waals surface area (Å²) in [4.78, 5) is 24.7. The van der Waals surface area contributed by atoms with Crippen LogP contribution in [0.15, 0.2) is 12.1 Å². The molecule has 0 unspecified atom stereocenters. The molecule has 2 aliphatic rings. The number of nitrogens with one attached hydrogen (secondary N) is 2. The smallest absolute Gasteiger partial charge is 0.328 e. The molecular weight excluding hydrogens is 363 g/mol. The monoisotopic (exact) mass is 384 g/mol. The topological polar surface area (TPSA) is 67.4 Å². The molecule has 2 atom stereocenters. The Hall–Kier alpha value is -1.46. The molecule has 0 bridgehead atoms. The average molecular weight is 385 g/mol. The van der Waals surface area contributed by atoms with Gasteiger partial charge in [0.05, 0.1) is 13.2 Å². The lowest BCUT2D eigenvalue weighted by atomic mass is 9.87. The highest BCUT2D eigenvalue weighted by molar-refractivity contribution is 6.35. The van der Waals surface area contributed by atoms with Crippen molar-refractivity contribution in [2.45, 2.75) is 50.6 Å². The van der Waals surface area contributed by atoms with E-state index in [0.717, 1.165) is 31.2 Å². The van der Waals surface area contributed by atoms with E-state index >= 15 is 0 Å². The summed E-state index contributed by atoms with van der Waals surface area (Å²) < 4.78 is 4.85. The Morgan fingerprint density at radius 2 is 1.92 bits per heavy atom. The van der Waals surface area contributed by atoms with Crippen LogP contribution in [0.5, 0.6) is 0 Å². The first-order valence-corrected chi connectivity index (χ1v) is 9.39. The number of carbonyl (C=O) groups excluding carboxylic acids is 2. The first kappa shape index (κ1) is 18.3. The summed E-state index contributed by atoms with van der Waals surface area (Å²) in [5.41, 5.74) is 1.43. The van der Waals surface area contributed by atoms with Crippen molar-refractivity contribution in [2.75, 3.05) is 12.4 Å². The summed E-state index contributed by atoms with van der Waals surface area (Å²) in [5.74, 6) is -0.305. The fourth-order valence-corrected chi connectivity index (χ4v) is 4.37. The van der Waals surface area contributed by atoms with Gasteiger partial charge in [-0.1, -0.05) is 42.5 Å². The molecule has 2 N–H and O–H groups in total. The van der Waals surface area contributed by atoms with Crippen molar-refractivity contribution in [3.63, 3.8) is 0 Å². The van der Waals surface area contributed by atoms with Crippen molar-refractivity contribution in [1.29, 1.82) is 0 Å². The fraction of sp³-hybridized carbons (Fsp3) is 0.556. The predicted octanol–water partition coefficient (Wildman–Crippen LogP) is 4.09. The van der Waals surface area contributed by atoms with E-state index in [9.17, 15) is 9.59 Å². The molecule has 1 heterocycles. The van der Waals surface area contributed by atoms with Crippen molar-refractivity contribution >= 4 is 40.8 Å². The minimum atomic E-state index is -0.552. The highest BCUT2D eigenvalue weighted by Gasteiger charge is 2.35. The summed E-state index contributed by atoms with van der Waals surface area (Å²) in [7, 11) is 1.35. The van der Waals surface area contributed by atoms with Crippen LogP contribution in [0, 0.1) is 5.92 Å². The number of hydrogen-bond acceptors (Lipinski definition) is 4.